The van der Waals surface area contributed by atoms with E-state index in [1.165, 1.54) is 0 Å². The van der Waals surface area contributed by atoms with Crippen molar-refractivity contribution in [2.75, 3.05) is 13.7 Å². The molecule has 0 amide bonds. The van der Waals surface area contributed by atoms with Crippen molar-refractivity contribution in [2.45, 2.75) is 32.2 Å². The monoisotopic (exact) mass is 279 g/mol. The van der Waals surface area contributed by atoms with Crippen LogP contribution < -0.4 is 5.32 Å². The molecule has 2 nitrogen and oxygen atoms in total. The van der Waals surface area contributed by atoms with Gasteiger partial charge in [-0.3, -0.25) is 0 Å². The van der Waals surface area contributed by atoms with Crippen LogP contribution in [-0.2, 0) is 10.9 Å². The van der Waals surface area contributed by atoms with Gasteiger partial charge in [-0.05, 0) is 39.1 Å². The Morgan fingerprint density at radius 2 is 1.89 bits per heavy atom. The van der Waals surface area contributed by atoms with E-state index in [0.717, 1.165) is 18.2 Å². The summed E-state index contributed by atoms with van der Waals surface area (Å²) in [6, 6.07) is 1.76. The molecule has 0 radical (unpaired) electrons. The number of halogens is 4. The number of rotatable bonds is 5. The summed E-state index contributed by atoms with van der Waals surface area (Å²) in [6.45, 7) is 3.71. The predicted molar refractivity (Wildman–Crippen MR) is 64.3 cm³/mol. The van der Waals surface area contributed by atoms with Crippen LogP contribution >= 0.6 is 0 Å². The standard InChI is InChI=1S/C13H17F4NO/c1-8(2)19-7-12(18-3)10-6-9(13(15,16)17)4-5-11(10)14/h4-6,8,12,18H,7H2,1-3H3. The van der Waals surface area contributed by atoms with Crippen LogP contribution in [0, 0.1) is 5.82 Å². The molecule has 1 aromatic rings. The summed E-state index contributed by atoms with van der Waals surface area (Å²) in [7, 11) is 1.55. The topological polar surface area (TPSA) is 21.3 Å². The summed E-state index contributed by atoms with van der Waals surface area (Å²) in [5.41, 5.74) is -0.910. The van der Waals surface area contributed by atoms with Gasteiger partial charge >= 0.3 is 6.18 Å². The highest BCUT2D eigenvalue weighted by Gasteiger charge is 2.32. The van der Waals surface area contributed by atoms with E-state index in [2.05, 4.69) is 5.32 Å². The minimum atomic E-state index is -4.49. The highest BCUT2D eigenvalue weighted by Crippen LogP contribution is 2.31. The van der Waals surface area contributed by atoms with Crippen molar-refractivity contribution in [1.82, 2.24) is 5.32 Å². The van der Waals surface area contributed by atoms with Gasteiger partial charge in [-0.25, -0.2) is 4.39 Å². The van der Waals surface area contributed by atoms with Crippen molar-refractivity contribution in [3.05, 3.63) is 35.1 Å². The molecule has 0 bridgehead atoms. The van der Waals surface area contributed by atoms with Crippen LogP contribution in [0.4, 0.5) is 17.6 Å². The van der Waals surface area contributed by atoms with E-state index in [-0.39, 0.29) is 18.3 Å². The average molecular weight is 279 g/mol. The lowest BCUT2D eigenvalue weighted by molar-refractivity contribution is -0.137. The Kier molecular flexibility index (Phi) is 5.31. The maximum Gasteiger partial charge on any atom is 0.416 e. The second kappa shape index (κ2) is 6.34. The van der Waals surface area contributed by atoms with Crippen LogP contribution in [0.1, 0.15) is 31.0 Å². The highest BCUT2D eigenvalue weighted by atomic mass is 19.4. The van der Waals surface area contributed by atoms with E-state index in [1.807, 2.05) is 0 Å². The molecule has 1 N–H and O–H groups in total. The predicted octanol–water partition coefficient (Wildman–Crippen LogP) is 3.53. The fraction of sp³-hybridized carbons (Fsp3) is 0.538. The summed E-state index contributed by atoms with van der Waals surface area (Å²) in [5.74, 6) is -0.681. The number of alkyl halides is 3. The minimum Gasteiger partial charge on any atom is -0.377 e. The van der Waals surface area contributed by atoms with Gasteiger partial charge in [0.2, 0.25) is 0 Å². The molecule has 1 atom stereocenters. The fourth-order valence-electron chi connectivity index (χ4n) is 1.60. The number of hydrogen-bond donors (Lipinski definition) is 1. The van der Waals surface area contributed by atoms with E-state index in [1.54, 1.807) is 20.9 Å². The maximum absolute atomic E-state index is 13.7. The molecule has 1 aromatic carbocycles. The Balaban J connectivity index is 3.02. The fourth-order valence-corrected chi connectivity index (χ4v) is 1.60. The molecule has 1 rings (SSSR count). The molecule has 0 fully saturated rings. The number of ether oxygens (including phenoxy) is 1. The van der Waals surface area contributed by atoms with Crippen molar-refractivity contribution >= 4 is 0 Å². The second-order valence-electron chi connectivity index (χ2n) is 4.46. The van der Waals surface area contributed by atoms with Gasteiger partial charge < -0.3 is 10.1 Å². The Morgan fingerprint density at radius 1 is 1.26 bits per heavy atom. The summed E-state index contributed by atoms with van der Waals surface area (Å²) >= 11 is 0. The Hall–Kier alpha value is -1.14. The van der Waals surface area contributed by atoms with Crippen LogP contribution in [0.2, 0.25) is 0 Å². The van der Waals surface area contributed by atoms with Gasteiger partial charge in [0.05, 0.1) is 24.3 Å². The molecule has 19 heavy (non-hydrogen) atoms. The van der Waals surface area contributed by atoms with Crippen LogP contribution in [0.25, 0.3) is 0 Å². The molecular weight excluding hydrogens is 262 g/mol. The first-order chi connectivity index (χ1) is 8.75. The maximum atomic E-state index is 13.7. The van der Waals surface area contributed by atoms with Crippen LogP contribution in [-0.4, -0.2) is 19.8 Å². The zero-order chi connectivity index (χ0) is 14.6. The van der Waals surface area contributed by atoms with Gasteiger partial charge in [0, 0.05) is 5.56 Å². The summed E-state index contributed by atoms with van der Waals surface area (Å²) < 4.78 is 56.8. The Morgan fingerprint density at radius 3 is 2.37 bits per heavy atom. The molecule has 0 aliphatic rings. The average Bonchev–Trinajstić information content (AvgIpc) is 2.30. The van der Waals surface area contributed by atoms with Gasteiger partial charge in [-0.1, -0.05) is 0 Å². The third-order valence-corrected chi connectivity index (χ3v) is 2.64. The molecule has 1 unspecified atom stereocenters. The van der Waals surface area contributed by atoms with E-state index >= 15 is 0 Å². The van der Waals surface area contributed by atoms with Gasteiger partial charge in [-0.2, -0.15) is 13.2 Å². The van der Waals surface area contributed by atoms with Crippen molar-refractivity contribution in [1.29, 1.82) is 0 Å². The van der Waals surface area contributed by atoms with Gasteiger partial charge in [-0.15, -0.1) is 0 Å². The molecule has 0 heterocycles. The lowest BCUT2D eigenvalue weighted by Gasteiger charge is -2.20. The zero-order valence-corrected chi connectivity index (χ0v) is 11.0. The minimum absolute atomic E-state index is 0.0435. The lowest BCUT2D eigenvalue weighted by atomic mass is 10.0. The van der Waals surface area contributed by atoms with Gasteiger partial charge in [0.25, 0.3) is 0 Å². The van der Waals surface area contributed by atoms with Crippen molar-refractivity contribution < 1.29 is 22.3 Å². The third-order valence-electron chi connectivity index (χ3n) is 2.64. The van der Waals surface area contributed by atoms with Crippen molar-refractivity contribution in [3.8, 4) is 0 Å². The van der Waals surface area contributed by atoms with Crippen LogP contribution in [0.5, 0.6) is 0 Å². The number of benzene rings is 1. The summed E-state index contributed by atoms with van der Waals surface area (Å²) in [6.07, 6.45) is -4.57. The normalized spacial score (nSPS) is 13.9. The van der Waals surface area contributed by atoms with E-state index < -0.39 is 23.6 Å². The number of hydrogen-bond acceptors (Lipinski definition) is 2. The van der Waals surface area contributed by atoms with E-state index in [9.17, 15) is 17.6 Å². The van der Waals surface area contributed by atoms with Gasteiger partial charge in [0.15, 0.2) is 0 Å². The Labute approximate surface area is 109 Å². The molecule has 0 spiro atoms. The van der Waals surface area contributed by atoms with E-state index in [4.69, 9.17) is 4.74 Å². The van der Waals surface area contributed by atoms with Gasteiger partial charge in [0.1, 0.15) is 5.82 Å². The zero-order valence-electron chi connectivity index (χ0n) is 11.0. The first-order valence-electron chi connectivity index (χ1n) is 5.91. The van der Waals surface area contributed by atoms with Crippen molar-refractivity contribution in [2.24, 2.45) is 0 Å². The molecule has 0 aliphatic carbocycles. The first kappa shape index (κ1) is 15.9. The molecule has 0 aromatic heterocycles. The molecule has 0 saturated heterocycles. The molecule has 108 valence electrons. The lowest BCUT2D eigenvalue weighted by Crippen LogP contribution is -2.25. The van der Waals surface area contributed by atoms with E-state index in [0.29, 0.717) is 0 Å². The summed E-state index contributed by atoms with van der Waals surface area (Å²) in [4.78, 5) is 0. The third kappa shape index (κ3) is 4.47. The molecule has 0 aliphatic heterocycles. The SMILES string of the molecule is CNC(COC(C)C)c1cc(C(F)(F)F)ccc1F. The van der Waals surface area contributed by atoms with Crippen molar-refractivity contribution in [3.63, 3.8) is 0 Å². The molecule has 6 heteroatoms. The number of nitrogens with one attached hydrogen (secondary N) is 1. The number of likely N-dealkylation sites (N-methyl/N-ethyl adjacent to an activating group) is 1. The first-order valence-corrected chi connectivity index (χ1v) is 5.91. The largest absolute Gasteiger partial charge is 0.416 e. The van der Waals surface area contributed by atoms with Crippen LogP contribution in [0.3, 0.4) is 0 Å². The highest BCUT2D eigenvalue weighted by molar-refractivity contribution is 5.29. The van der Waals surface area contributed by atoms with Crippen LogP contribution in [0.15, 0.2) is 18.2 Å². The quantitative estimate of drug-likeness (QED) is 0.833. The molecular formula is C13H17F4NO. The Bertz CT molecular complexity index is 418. The second-order valence-corrected chi connectivity index (χ2v) is 4.46. The molecule has 0 saturated carbocycles. The smallest absolute Gasteiger partial charge is 0.377 e. The summed E-state index contributed by atoms with van der Waals surface area (Å²) in [5, 5.41) is 2.76.